The van der Waals surface area contributed by atoms with E-state index in [-0.39, 0.29) is 31.7 Å². The van der Waals surface area contributed by atoms with E-state index in [2.05, 4.69) is 5.32 Å². The van der Waals surface area contributed by atoms with Crippen molar-refractivity contribution in [2.75, 3.05) is 13.1 Å². The molecule has 7 heteroatoms. The quantitative estimate of drug-likeness (QED) is 0.747. The molecule has 2 fully saturated rings. The van der Waals surface area contributed by atoms with Crippen molar-refractivity contribution in [1.82, 2.24) is 10.2 Å². The summed E-state index contributed by atoms with van der Waals surface area (Å²) in [5.41, 5.74) is -2.23. The van der Waals surface area contributed by atoms with Crippen LogP contribution < -0.4 is 5.32 Å². The van der Waals surface area contributed by atoms with Gasteiger partial charge in [0.15, 0.2) is 0 Å². The number of rotatable bonds is 0. The van der Waals surface area contributed by atoms with E-state index in [1.54, 1.807) is 20.8 Å². The van der Waals surface area contributed by atoms with Gasteiger partial charge in [-0.25, -0.2) is 13.6 Å². The van der Waals surface area contributed by atoms with E-state index in [0.717, 1.165) is 4.90 Å². The van der Waals surface area contributed by atoms with Gasteiger partial charge >= 0.3 is 6.09 Å². The van der Waals surface area contributed by atoms with Crippen LogP contribution >= 0.6 is 0 Å². The third kappa shape index (κ3) is 3.27. The molecule has 2 aliphatic heterocycles. The summed E-state index contributed by atoms with van der Waals surface area (Å²) in [7, 11) is 0. The van der Waals surface area contributed by atoms with E-state index in [9.17, 15) is 18.4 Å². The molecule has 5 nitrogen and oxygen atoms in total. The number of nitrogens with zero attached hydrogens (tertiary/aromatic N) is 1. The maximum atomic E-state index is 14.5. The van der Waals surface area contributed by atoms with Gasteiger partial charge in [-0.15, -0.1) is 0 Å². The maximum absolute atomic E-state index is 14.5. The molecule has 1 unspecified atom stereocenters. The highest BCUT2D eigenvalue weighted by molar-refractivity contribution is 5.78. The van der Waals surface area contributed by atoms with Crippen LogP contribution in [0.3, 0.4) is 0 Å². The minimum atomic E-state index is -3.15. The van der Waals surface area contributed by atoms with Gasteiger partial charge in [-0.1, -0.05) is 0 Å². The number of halogens is 2. The lowest BCUT2D eigenvalue weighted by molar-refractivity contribution is -0.158. The Kier molecular flexibility index (Phi) is 3.88. The summed E-state index contributed by atoms with van der Waals surface area (Å²) in [5.74, 6) is -3.50. The van der Waals surface area contributed by atoms with Gasteiger partial charge in [0.25, 0.3) is 5.92 Å². The number of carbonyl (C=O) groups excluding carboxylic acids is 2. The van der Waals surface area contributed by atoms with Crippen LogP contribution in [-0.4, -0.2) is 47.1 Å². The van der Waals surface area contributed by atoms with E-state index < -0.39 is 29.7 Å². The normalized spacial score (nSPS) is 29.2. The van der Waals surface area contributed by atoms with Crippen molar-refractivity contribution in [3.63, 3.8) is 0 Å². The molecule has 2 aliphatic rings. The third-order valence-corrected chi connectivity index (χ3v) is 3.94. The summed E-state index contributed by atoms with van der Waals surface area (Å²) >= 11 is 0. The van der Waals surface area contributed by atoms with Crippen molar-refractivity contribution in [2.45, 2.75) is 63.5 Å². The fourth-order valence-electron chi connectivity index (χ4n) is 2.87. The molecule has 1 spiro atoms. The number of ether oxygens (including phenoxy) is 1. The summed E-state index contributed by atoms with van der Waals surface area (Å²) in [5, 5.41) is 2.46. The molecule has 0 radical (unpaired) electrons. The molecule has 1 atom stereocenters. The number of carbonyl (C=O) groups is 2. The number of amides is 2. The zero-order valence-electron chi connectivity index (χ0n) is 12.7. The number of hydrogen-bond donors (Lipinski definition) is 1. The van der Waals surface area contributed by atoms with Crippen LogP contribution in [-0.2, 0) is 9.53 Å². The molecule has 2 rings (SSSR count). The summed E-state index contributed by atoms with van der Waals surface area (Å²) in [4.78, 5) is 24.4. The van der Waals surface area contributed by atoms with E-state index in [0.29, 0.717) is 6.42 Å². The lowest BCUT2D eigenvalue weighted by Crippen LogP contribution is -2.69. The van der Waals surface area contributed by atoms with Crippen LogP contribution in [0.4, 0.5) is 13.6 Å². The van der Waals surface area contributed by atoms with Gasteiger partial charge in [0.05, 0.1) is 6.54 Å². The van der Waals surface area contributed by atoms with Gasteiger partial charge in [0, 0.05) is 13.0 Å². The van der Waals surface area contributed by atoms with Crippen molar-refractivity contribution in [3.05, 3.63) is 0 Å². The van der Waals surface area contributed by atoms with Gasteiger partial charge < -0.3 is 15.0 Å². The molecule has 2 amide bonds. The number of nitrogens with one attached hydrogen (secondary N) is 1. The number of likely N-dealkylation sites (tertiary alicyclic amines) is 1. The van der Waals surface area contributed by atoms with Gasteiger partial charge in [-0.3, -0.25) is 4.79 Å². The fourth-order valence-corrected chi connectivity index (χ4v) is 2.87. The zero-order chi connectivity index (χ0) is 15.9. The SMILES string of the molecule is CC(C)(C)OC(=O)N1CCC2(CCCC(=O)N2)C(F)(F)C1. The molecule has 0 aromatic carbocycles. The molecule has 0 aliphatic carbocycles. The second-order valence-corrected chi connectivity index (χ2v) is 6.84. The Morgan fingerprint density at radius 3 is 2.52 bits per heavy atom. The lowest BCUT2D eigenvalue weighted by atomic mass is 9.77. The van der Waals surface area contributed by atoms with Crippen molar-refractivity contribution in [3.8, 4) is 0 Å². The number of piperidine rings is 2. The highest BCUT2D eigenvalue weighted by Crippen LogP contribution is 2.42. The second-order valence-electron chi connectivity index (χ2n) is 6.84. The first-order valence-electron chi connectivity index (χ1n) is 7.21. The zero-order valence-corrected chi connectivity index (χ0v) is 12.7. The minimum absolute atomic E-state index is 0.0466. The molecule has 0 bridgehead atoms. The van der Waals surface area contributed by atoms with Gasteiger partial charge in [0.1, 0.15) is 11.1 Å². The second kappa shape index (κ2) is 5.10. The Morgan fingerprint density at radius 2 is 2.00 bits per heavy atom. The molecular formula is C14H22F2N2O3. The molecule has 0 aromatic rings. The molecule has 120 valence electrons. The van der Waals surface area contributed by atoms with E-state index >= 15 is 0 Å². The van der Waals surface area contributed by atoms with Crippen LogP contribution in [0.2, 0.25) is 0 Å². The minimum Gasteiger partial charge on any atom is -0.444 e. The Balaban J connectivity index is 2.09. The average molecular weight is 304 g/mol. The first-order valence-corrected chi connectivity index (χ1v) is 7.21. The highest BCUT2D eigenvalue weighted by atomic mass is 19.3. The Labute approximate surface area is 123 Å². The molecule has 2 saturated heterocycles. The summed E-state index contributed by atoms with van der Waals surface area (Å²) in [6.45, 7) is 4.51. The molecule has 0 aromatic heterocycles. The first kappa shape index (κ1) is 16.0. The molecule has 1 N–H and O–H groups in total. The third-order valence-electron chi connectivity index (χ3n) is 3.94. The Bertz CT molecular complexity index is 448. The largest absolute Gasteiger partial charge is 0.444 e. The summed E-state index contributed by atoms with van der Waals surface area (Å²) in [6, 6.07) is 0. The van der Waals surface area contributed by atoms with Gasteiger partial charge in [-0.2, -0.15) is 0 Å². The lowest BCUT2D eigenvalue weighted by Gasteiger charge is -2.49. The molecule has 0 saturated carbocycles. The smallest absolute Gasteiger partial charge is 0.410 e. The van der Waals surface area contributed by atoms with Crippen molar-refractivity contribution >= 4 is 12.0 Å². The van der Waals surface area contributed by atoms with Crippen LogP contribution in [0.5, 0.6) is 0 Å². The van der Waals surface area contributed by atoms with Crippen molar-refractivity contribution in [1.29, 1.82) is 0 Å². The predicted molar refractivity (Wildman–Crippen MR) is 72.1 cm³/mol. The predicted octanol–water partition coefficient (Wildman–Crippen LogP) is 2.30. The standard InChI is InChI=1S/C14H22F2N2O3/c1-12(2,3)21-11(20)18-8-7-13(14(15,16)9-18)6-4-5-10(19)17-13/h4-9H2,1-3H3,(H,17,19). The summed E-state index contributed by atoms with van der Waals surface area (Å²) in [6.07, 6.45) is 0.291. The summed E-state index contributed by atoms with van der Waals surface area (Å²) < 4.78 is 34.1. The van der Waals surface area contributed by atoms with Crippen molar-refractivity contribution < 1.29 is 23.1 Å². The Morgan fingerprint density at radius 1 is 1.33 bits per heavy atom. The number of hydrogen-bond acceptors (Lipinski definition) is 3. The van der Waals surface area contributed by atoms with Crippen LogP contribution in [0.1, 0.15) is 46.5 Å². The van der Waals surface area contributed by atoms with Crippen LogP contribution in [0.25, 0.3) is 0 Å². The first-order chi connectivity index (χ1) is 9.55. The van der Waals surface area contributed by atoms with Crippen LogP contribution in [0.15, 0.2) is 0 Å². The van der Waals surface area contributed by atoms with Crippen molar-refractivity contribution in [2.24, 2.45) is 0 Å². The Hall–Kier alpha value is -1.40. The van der Waals surface area contributed by atoms with Gasteiger partial charge in [0.2, 0.25) is 5.91 Å². The molecule has 21 heavy (non-hydrogen) atoms. The van der Waals surface area contributed by atoms with Crippen LogP contribution in [0, 0.1) is 0 Å². The average Bonchev–Trinajstić information content (AvgIpc) is 2.30. The topological polar surface area (TPSA) is 58.6 Å². The monoisotopic (exact) mass is 304 g/mol. The van der Waals surface area contributed by atoms with E-state index in [1.165, 1.54) is 0 Å². The maximum Gasteiger partial charge on any atom is 0.410 e. The molecule has 2 heterocycles. The number of alkyl halides is 2. The fraction of sp³-hybridized carbons (Fsp3) is 0.857. The molecular weight excluding hydrogens is 282 g/mol. The van der Waals surface area contributed by atoms with E-state index in [4.69, 9.17) is 4.74 Å². The van der Waals surface area contributed by atoms with Gasteiger partial charge in [-0.05, 0) is 40.0 Å². The van der Waals surface area contributed by atoms with E-state index in [1.807, 2.05) is 0 Å². The highest BCUT2D eigenvalue weighted by Gasteiger charge is 2.59.